The minimum absolute atomic E-state index is 0.333. The van der Waals surface area contributed by atoms with Crippen molar-refractivity contribution < 1.29 is 52.0 Å². The van der Waals surface area contributed by atoms with Crippen molar-refractivity contribution in [1.29, 1.82) is 0 Å². The van der Waals surface area contributed by atoms with Crippen molar-refractivity contribution in [3.63, 3.8) is 0 Å². The summed E-state index contributed by atoms with van der Waals surface area (Å²) in [5.41, 5.74) is 0.558. The maximum Gasteiger partial charge on any atom is 0.303 e. The van der Waals surface area contributed by atoms with Crippen LogP contribution in [0.25, 0.3) is 0 Å². The van der Waals surface area contributed by atoms with Gasteiger partial charge in [-0.2, -0.15) is 0 Å². The van der Waals surface area contributed by atoms with E-state index >= 15 is 0 Å². The molecule has 16 heteroatoms. The Morgan fingerprint density at radius 2 is 1.48 bits per heavy atom. The molecule has 0 spiro atoms. The van der Waals surface area contributed by atoms with Gasteiger partial charge in [0.1, 0.15) is 62.8 Å². The van der Waals surface area contributed by atoms with Crippen molar-refractivity contribution in [1.82, 2.24) is 24.1 Å². The van der Waals surface area contributed by atoms with Crippen LogP contribution in [0, 0.1) is 0 Å². The van der Waals surface area contributed by atoms with Crippen LogP contribution in [0.15, 0.2) is 43.6 Å². The number of nitrogens with zero attached hydrogens (tertiary/aromatic N) is 7. The Hall–Kier alpha value is -4.60. The molecule has 0 aliphatic carbocycles. The third-order valence-electron chi connectivity index (χ3n) is 6.32. The zero-order valence-corrected chi connectivity index (χ0v) is 24.1. The summed E-state index contributed by atoms with van der Waals surface area (Å²) < 4.78 is 37.0. The van der Waals surface area contributed by atoms with Crippen LogP contribution in [0.2, 0.25) is 0 Å². The minimum Gasteiger partial charge on any atom is -0.463 e. The van der Waals surface area contributed by atoms with Gasteiger partial charge < -0.3 is 23.7 Å². The molecule has 5 atom stereocenters. The lowest BCUT2D eigenvalue weighted by Gasteiger charge is -2.44. The number of rotatable bonds is 11. The van der Waals surface area contributed by atoms with E-state index < -0.39 is 54.5 Å². The van der Waals surface area contributed by atoms with E-state index in [1.54, 1.807) is 6.20 Å². The molecule has 3 aromatic rings. The zero-order chi connectivity index (χ0) is 30.4. The Labute approximate surface area is 241 Å². The van der Waals surface area contributed by atoms with Gasteiger partial charge >= 0.3 is 23.9 Å². The molecule has 4 heterocycles. The molecule has 226 valence electrons. The summed E-state index contributed by atoms with van der Waals surface area (Å²) in [5, 5.41) is 8.41. The first-order valence-electron chi connectivity index (χ1n) is 13.3. The molecule has 0 aromatic carbocycles. The van der Waals surface area contributed by atoms with E-state index in [4.69, 9.17) is 23.7 Å². The van der Waals surface area contributed by atoms with Crippen LogP contribution in [0.5, 0.6) is 0 Å². The van der Waals surface area contributed by atoms with Crippen LogP contribution in [0.3, 0.4) is 0 Å². The number of imidazole rings is 2. The Balaban J connectivity index is 1.55. The fourth-order valence-electron chi connectivity index (χ4n) is 4.65. The summed E-state index contributed by atoms with van der Waals surface area (Å²) in [6.45, 7) is 6.32. The first-order valence-corrected chi connectivity index (χ1v) is 13.3. The largest absolute Gasteiger partial charge is 0.463 e. The average Bonchev–Trinajstić information content (AvgIpc) is 3.65. The fraction of sp³-hybridized carbons (Fsp3) is 0.538. The first kappa shape index (κ1) is 30.4. The van der Waals surface area contributed by atoms with Crippen molar-refractivity contribution >= 4 is 23.9 Å². The number of esters is 4. The second kappa shape index (κ2) is 13.4. The van der Waals surface area contributed by atoms with E-state index in [9.17, 15) is 19.2 Å². The summed E-state index contributed by atoms with van der Waals surface area (Å²) in [6, 6.07) is 0. The van der Waals surface area contributed by atoms with Crippen molar-refractivity contribution in [2.45, 2.75) is 78.0 Å². The number of hydrogen-bond donors (Lipinski definition) is 0. The lowest BCUT2D eigenvalue weighted by atomic mass is 9.97. The molecular weight excluding hydrogens is 554 g/mol. The number of aromatic nitrogens is 7. The van der Waals surface area contributed by atoms with E-state index in [-0.39, 0.29) is 6.61 Å². The van der Waals surface area contributed by atoms with Crippen molar-refractivity contribution in [2.24, 2.45) is 7.05 Å². The summed E-state index contributed by atoms with van der Waals surface area (Å²) in [4.78, 5) is 47.6. The molecule has 0 saturated carbocycles. The van der Waals surface area contributed by atoms with Crippen LogP contribution >= 0.6 is 0 Å². The first-order chi connectivity index (χ1) is 20.0. The number of hydrogen-bond acceptors (Lipinski definition) is 11. The van der Waals surface area contributed by atoms with Gasteiger partial charge in [0, 0.05) is 27.7 Å². The van der Waals surface area contributed by atoms with Crippen LogP contribution in [-0.4, -0.2) is 79.0 Å². The number of carbonyl (C=O) groups is 4. The predicted octanol–water partition coefficient (Wildman–Crippen LogP) is -1.00. The topological polar surface area (TPSA) is 163 Å². The summed E-state index contributed by atoms with van der Waals surface area (Å²) in [5.74, 6) is -2.72. The van der Waals surface area contributed by atoms with E-state index in [2.05, 4.69) is 14.9 Å². The molecule has 0 amide bonds. The van der Waals surface area contributed by atoms with Gasteiger partial charge in [-0.15, -0.1) is 5.10 Å². The van der Waals surface area contributed by atoms with Gasteiger partial charge in [0.05, 0.1) is 13.2 Å². The maximum atomic E-state index is 12.1. The highest BCUT2D eigenvalue weighted by atomic mass is 16.7. The van der Waals surface area contributed by atoms with Gasteiger partial charge in [0.15, 0.2) is 24.5 Å². The summed E-state index contributed by atoms with van der Waals surface area (Å²) >= 11 is 0. The molecule has 1 aliphatic heterocycles. The highest BCUT2D eigenvalue weighted by Gasteiger charge is 2.53. The fourth-order valence-corrected chi connectivity index (χ4v) is 4.65. The van der Waals surface area contributed by atoms with Crippen LogP contribution in [-0.2, 0) is 69.5 Å². The smallest absolute Gasteiger partial charge is 0.303 e. The quantitative estimate of drug-likeness (QED) is 0.153. The SMILES string of the molecule is CC(=O)OC[C@H]1O[C@@H](n2cc(C[n+]3ccn(CCn4cc[n+](C)c4)c3)nn2)[C@H](OC(C)=O)[C@@H](OC(C)=O)[C@@H]1OC(C)=O. The Kier molecular flexibility index (Phi) is 9.67. The van der Waals surface area contributed by atoms with E-state index in [1.807, 2.05) is 58.2 Å². The molecule has 3 aromatic heterocycles. The second-order valence-corrected chi connectivity index (χ2v) is 9.92. The molecule has 16 nitrogen and oxygen atoms in total. The predicted molar refractivity (Wildman–Crippen MR) is 137 cm³/mol. The molecule has 0 unspecified atom stereocenters. The van der Waals surface area contributed by atoms with E-state index in [0.29, 0.717) is 12.2 Å². The van der Waals surface area contributed by atoms with Crippen molar-refractivity contribution in [3.8, 4) is 0 Å². The summed E-state index contributed by atoms with van der Waals surface area (Å²) in [6.07, 6.45) is 7.31. The minimum atomic E-state index is -1.30. The third kappa shape index (κ3) is 7.99. The van der Waals surface area contributed by atoms with Crippen molar-refractivity contribution in [3.05, 3.63) is 49.3 Å². The van der Waals surface area contributed by atoms with Gasteiger partial charge in [-0.1, -0.05) is 5.21 Å². The standard InChI is InChI=1S/C26H35N7O9/c1-17(34)38-14-22-23(39-18(2)35)24(40-19(3)36)25(41-20(4)37)26(42-22)33-13-21(27-28-33)12-32-11-10-31(16-32)9-8-30-7-6-29(5)15-30/h6-7,10-11,13,15-16,22-26H,8-9,12,14H2,1-5H3/q+2/t22-,23-,24+,25-,26-/m1/s1. The Bertz CT molecular complexity index is 1410. The Morgan fingerprint density at radius 1 is 0.857 bits per heavy atom. The molecule has 0 N–H and O–H groups in total. The third-order valence-corrected chi connectivity index (χ3v) is 6.32. The normalized spacial score (nSPS) is 21.9. The highest BCUT2D eigenvalue weighted by molar-refractivity contribution is 5.68. The van der Waals surface area contributed by atoms with Crippen LogP contribution in [0.4, 0.5) is 0 Å². The number of aryl methyl sites for hydroxylation is 3. The number of ether oxygens (including phenoxy) is 5. The van der Waals surface area contributed by atoms with Gasteiger partial charge in [0.2, 0.25) is 12.7 Å². The monoisotopic (exact) mass is 589 g/mol. The van der Waals surface area contributed by atoms with Gasteiger partial charge in [-0.25, -0.2) is 23.0 Å². The number of carbonyl (C=O) groups excluding carboxylic acids is 4. The molecule has 0 bridgehead atoms. The molecule has 1 fully saturated rings. The van der Waals surface area contributed by atoms with Gasteiger partial charge in [-0.05, 0) is 0 Å². The summed E-state index contributed by atoms with van der Waals surface area (Å²) in [7, 11) is 1.97. The lowest BCUT2D eigenvalue weighted by molar-refractivity contribution is -0.688. The molecular formula is C26H35N7O9+2. The molecule has 4 rings (SSSR count). The average molecular weight is 590 g/mol. The molecule has 0 radical (unpaired) electrons. The lowest BCUT2D eigenvalue weighted by Crippen LogP contribution is -2.60. The molecule has 42 heavy (non-hydrogen) atoms. The highest BCUT2D eigenvalue weighted by Crippen LogP contribution is 2.34. The van der Waals surface area contributed by atoms with E-state index in [1.165, 1.54) is 18.5 Å². The Morgan fingerprint density at radius 3 is 2.10 bits per heavy atom. The maximum absolute atomic E-state index is 12.1. The molecule has 1 saturated heterocycles. The van der Waals surface area contributed by atoms with Gasteiger partial charge in [0.25, 0.3) is 0 Å². The van der Waals surface area contributed by atoms with E-state index in [0.717, 1.165) is 26.9 Å². The van der Waals surface area contributed by atoms with Gasteiger partial charge in [-0.3, -0.25) is 19.2 Å². The second-order valence-electron chi connectivity index (χ2n) is 9.92. The molecule has 1 aliphatic rings. The van der Waals surface area contributed by atoms with Crippen LogP contribution in [0.1, 0.15) is 39.6 Å². The van der Waals surface area contributed by atoms with Crippen molar-refractivity contribution in [2.75, 3.05) is 6.61 Å². The van der Waals surface area contributed by atoms with Crippen LogP contribution < -0.4 is 9.13 Å². The zero-order valence-electron chi connectivity index (χ0n) is 24.1.